The molecule has 2 aliphatic rings. The number of benzene rings is 1. The van der Waals surface area contributed by atoms with Crippen LogP contribution in [0.25, 0.3) is 0 Å². The molecular weight excluding hydrogens is 268 g/mol. The van der Waals surface area contributed by atoms with Crippen molar-refractivity contribution < 1.29 is 14.6 Å². The third kappa shape index (κ3) is 2.30. The van der Waals surface area contributed by atoms with Crippen molar-refractivity contribution in [2.75, 3.05) is 33.3 Å². The van der Waals surface area contributed by atoms with Crippen molar-refractivity contribution >= 4 is 5.97 Å². The van der Waals surface area contributed by atoms with Gasteiger partial charge < -0.3 is 15.2 Å². The standard InChI is InChI=1S/C16H22N2O3/c1-21-13-4-5-14-12(11-13)3-2-6-16(14,15(19)20)18-9-7-17-8-10-18/h4-5,11,17H,2-3,6-10H2,1H3,(H,19,20). The highest BCUT2D eigenvalue weighted by Gasteiger charge is 2.48. The molecule has 0 saturated carbocycles. The summed E-state index contributed by atoms with van der Waals surface area (Å²) >= 11 is 0. The fourth-order valence-electron chi connectivity index (χ4n) is 3.71. The van der Waals surface area contributed by atoms with Gasteiger partial charge in [-0.05, 0) is 42.5 Å². The van der Waals surface area contributed by atoms with Crippen LogP contribution in [0.5, 0.6) is 5.75 Å². The average molecular weight is 290 g/mol. The SMILES string of the molecule is COc1ccc2c(c1)CCCC2(C(=O)O)N1CCNCC1. The Morgan fingerprint density at radius 1 is 1.38 bits per heavy atom. The van der Waals surface area contributed by atoms with Crippen LogP contribution in [0, 0.1) is 0 Å². The third-order valence-electron chi connectivity index (χ3n) is 4.75. The summed E-state index contributed by atoms with van der Waals surface area (Å²) in [6, 6.07) is 5.82. The van der Waals surface area contributed by atoms with E-state index in [-0.39, 0.29) is 0 Å². The second-order valence-electron chi connectivity index (χ2n) is 5.78. The van der Waals surface area contributed by atoms with E-state index in [9.17, 15) is 9.90 Å². The Morgan fingerprint density at radius 3 is 2.81 bits per heavy atom. The third-order valence-corrected chi connectivity index (χ3v) is 4.75. The maximum Gasteiger partial charge on any atom is 0.328 e. The predicted octanol–water partition coefficient (Wildman–Crippen LogP) is 1.22. The van der Waals surface area contributed by atoms with Gasteiger partial charge in [-0.25, -0.2) is 4.79 Å². The quantitative estimate of drug-likeness (QED) is 0.876. The summed E-state index contributed by atoms with van der Waals surface area (Å²) in [5.74, 6) is 0.0748. The van der Waals surface area contributed by atoms with Crippen LogP contribution in [-0.2, 0) is 16.8 Å². The number of ether oxygens (including phenoxy) is 1. The van der Waals surface area contributed by atoms with Crippen LogP contribution in [0.4, 0.5) is 0 Å². The van der Waals surface area contributed by atoms with Gasteiger partial charge in [-0.3, -0.25) is 4.90 Å². The molecule has 0 spiro atoms. The van der Waals surface area contributed by atoms with Crippen LogP contribution in [0.2, 0.25) is 0 Å². The molecule has 5 nitrogen and oxygen atoms in total. The van der Waals surface area contributed by atoms with Crippen molar-refractivity contribution in [2.45, 2.75) is 24.8 Å². The van der Waals surface area contributed by atoms with Crippen molar-refractivity contribution in [1.82, 2.24) is 10.2 Å². The zero-order chi connectivity index (χ0) is 14.9. The number of aryl methyl sites for hydroxylation is 1. The first-order valence-corrected chi connectivity index (χ1v) is 7.55. The molecule has 0 amide bonds. The van der Waals surface area contributed by atoms with E-state index in [1.165, 1.54) is 0 Å². The van der Waals surface area contributed by atoms with Gasteiger partial charge in [-0.15, -0.1) is 0 Å². The molecule has 1 aromatic rings. The Hall–Kier alpha value is -1.59. The number of carboxylic acid groups (broad SMARTS) is 1. The number of rotatable bonds is 3. The van der Waals surface area contributed by atoms with Crippen molar-refractivity contribution in [1.29, 1.82) is 0 Å². The molecule has 0 bridgehead atoms. The minimum atomic E-state index is -0.873. The fraction of sp³-hybridized carbons (Fsp3) is 0.562. The molecule has 3 rings (SSSR count). The average Bonchev–Trinajstić information content (AvgIpc) is 2.54. The summed E-state index contributed by atoms with van der Waals surface area (Å²) in [6.45, 7) is 3.25. The van der Waals surface area contributed by atoms with Gasteiger partial charge in [-0.2, -0.15) is 0 Å². The highest BCUT2D eigenvalue weighted by atomic mass is 16.5. The summed E-state index contributed by atoms with van der Waals surface area (Å²) in [5, 5.41) is 13.3. The van der Waals surface area contributed by atoms with Crippen molar-refractivity contribution in [2.24, 2.45) is 0 Å². The van der Waals surface area contributed by atoms with Gasteiger partial charge in [0.25, 0.3) is 0 Å². The number of fused-ring (bicyclic) bond motifs is 1. The van der Waals surface area contributed by atoms with Gasteiger partial charge >= 0.3 is 5.97 Å². The number of nitrogens with one attached hydrogen (secondary N) is 1. The number of piperazine rings is 1. The molecule has 1 fully saturated rings. The smallest absolute Gasteiger partial charge is 0.328 e. The molecule has 0 radical (unpaired) electrons. The molecule has 114 valence electrons. The van der Waals surface area contributed by atoms with Gasteiger partial charge in [0, 0.05) is 26.2 Å². The number of carbonyl (C=O) groups is 1. The molecule has 1 saturated heterocycles. The van der Waals surface area contributed by atoms with E-state index >= 15 is 0 Å². The Bertz CT molecular complexity index is 540. The van der Waals surface area contributed by atoms with Crippen LogP contribution in [0.3, 0.4) is 0 Å². The molecule has 1 aliphatic heterocycles. The molecule has 1 heterocycles. The molecule has 0 aromatic heterocycles. The van der Waals surface area contributed by atoms with Crippen LogP contribution in [0.15, 0.2) is 18.2 Å². The van der Waals surface area contributed by atoms with E-state index in [0.717, 1.165) is 55.9 Å². The lowest BCUT2D eigenvalue weighted by Gasteiger charge is -2.46. The first-order chi connectivity index (χ1) is 10.2. The lowest BCUT2D eigenvalue weighted by molar-refractivity contribution is -0.154. The predicted molar refractivity (Wildman–Crippen MR) is 79.7 cm³/mol. The summed E-state index contributed by atoms with van der Waals surface area (Å²) < 4.78 is 5.28. The summed E-state index contributed by atoms with van der Waals surface area (Å²) in [4.78, 5) is 14.3. The zero-order valence-electron chi connectivity index (χ0n) is 12.4. The first-order valence-electron chi connectivity index (χ1n) is 7.55. The summed E-state index contributed by atoms with van der Waals surface area (Å²) in [7, 11) is 1.64. The maximum atomic E-state index is 12.2. The highest BCUT2D eigenvalue weighted by molar-refractivity contribution is 5.82. The van der Waals surface area contributed by atoms with Gasteiger partial charge in [0.1, 0.15) is 11.3 Å². The van der Waals surface area contributed by atoms with Crippen LogP contribution in [0.1, 0.15) is 24.0 Å². The molecule has 1 atom stereocenters. The summed E-state index contributed by atoms with van der Waals surface area (Å²) in [5.41, 5.74) is 1.19. The molecule has 2 N–H and O–H groups in total. The zero-order valence-corrected chi connectivity index (χ0v) is 12.4. The topological polar surface area (TPSA) is 61.8 Å². The number of nitrogens with zero attached hydrogens (tertiary/aromatic N) is 1. The monoisotopic (exact) mass is 290 g/mol. The minimum absolute atomic E-state index is 0.682. The minimum Gasteiger partial charge on any atom is -0.497 e. The number of methoxy groups -OCH3 is 1. The molecule has 1 aromatic carbocycles. The number of carboxylic acids is 1. The molecular formula is C16H22N2O3. The van der Waals surface area contributed by atoms with E-state index in [1.54, 1.807) is 7.11 Å². The van der Waals surface area contributed by atoms with Crippen molar-refractivity contribution in [3.8, 4) is 5.75 Å². The van der Waals surface area contributed by atoms with E-state index in [2.05, 4.69) is 10.2 Å². The first kappa shape index (κ1) is 14.4. The Morgan fingerprint density at radius 2 is 2.14 bits per heavy atom. The maximum absolute atomic E-state index is 12.2. The largest absolute Gasteiger partial charge is 0.497 e. The lowest BCUT2D eigenvalue weighted by Crippen LogP contribution is -2.59. The molecule has 21 heavy (non-hydrogen) atoms. The van der Waals surface area contributed by atoms with Gasteiger partial charge in [-0.1, -0.05) is 6.07 Å². The Labute approximate surface area is 124 Å². The van der Waals surface area contributed by atoms with Crippen molar-refractivity contribution in [3.63, 3.8) is 0 Å². The molecule has 5 heteroatoms. The van der Waals surface area contributed by atoms with E-state index in [0.29, 0.717) is 6.42 Å². The fourth-order valence-corrected chi connectivity index (χ4v) is 3.71. The number of hydrogen-bond acceptors (Lipinski definition) is 4. The lowest BCUT2D eigenvalue weighted by atomic mass is 9.75. The number of aliphatic carboxylic acids is 1. The van der Waals surface area contributed by atoms with E-state index < -0.39 is 11.5 Å². The number of hydrogen-bond donors (Lipinski definition) is 2. The van der Waals surface area contributed by atoms with Crippen LogP contribution >= 0.6 is 0 Å². The van der Waals surface area contributed by atoms with Gasteiger partial charge in [0.05, 0.1) is 7.11 Å². The van der Waals surface area contributed by atoms with E-state index in [4.69, 9.17) is 4.74 Å². The second kappa shape index (κ2) is 5.66. The van der Waals surface area contributed by atoms with Crippen LogP contribution < -0.4 is 10.1 Å². The Balaban J connectivity index is 2.08. The normalized spacial score (nSPS) is 26.1. The molecule has 1 unspecified atom stereocenters. The summed E-state index contributed by atoms with van der Waals surface area (Å²) in [6.07, 6.45) is 2.51. The van der Waals surface area contributed by atoms with E-state index in [1.807, 2.05) is 18.2 Å². The van der Waals surface area contributed by atoms with Gasteiger partial charge in [0.15, 0.2) is 0 Å². The molecule has 1 aliphatic carbocycles. The highest BCUT2D eigenvalue weighted by Crippen LogP contribution is 2.41. The second-order valence-corrected chi connectivity index (χ2v) is 5.78. The van der Waals surface area contributed by atoms with Crippen LogP contribution in [-0.4, -0.2) is 49.3 Å². The van der Waals surface area contributed by atoms with Crippen molar-refractivity contribution in [3.05, 3.63) is 29.3 Å². The Kier molecular flexibility index (Phi) is 3.87. The van der Waals surface area contributed by atoms with Gasteiger partial charge in [0.2, 0.25) is 0 Å².